The Morgan fingerprint density at radius 2 is 1.29 bits per heavy atom. The first-order valence-corrected chi connectivity index (χ1v) is 19.6. The highest BCUT2D eigenvalue weighted by Gasteiger charge is 2.33. The SMILES string of the molecule is CC(C)c1cc(C(C)(C)C)cc(C(C)C)c1N1CN(c2cccc(Oc3ccc4c5ccccc5n(-c5cc(C(C)(C)C)ccn5)c4c3)c2)c2ccncc21. The smallest absolute Gasteiger partial charge is 0.137 e. The van der Waals surface area contributed by atoms with Gasteiger partial charge in [-0.25, -0.2) is 4.98 Å². The molecule has 0 saturated heterocycles. The number of anilines is 4. The summed E-state index contributed by atoms with van der Waals surface area (Å²) in [7, 11) is 0. The van der Waals surface area contributed by atoms with Crippen molar-refractivity contribution in [2.24, 2.45) is 0 Å². The standard InChI is InChI=1S/C49H53N5O/c1-31(2)40-24-34(49(8,9)10)25-41(32(3)4)47(40)53-30-52(43-21-22-50-29-45(43)53)35-14-13-15-36(27-35)55-37-18-19-39-38-16-11-12-17-42(38)54(44(39)28-37)46-26-33(20-23-51-46)48(5,6)7/h11-29,31-32H,30H2,1-10H3. The molecule has 1 aliphatic rings. The summed E-state index contributed by atoms with van der Waals surface area (Å²) in [5.74, 6) is 3.17. The minimum absolute atomic E-state index is 0.00342. The number of para-hydroxylation sites is 1. The zero-order valence-corrected chi connectivity index (χ0v) is 34.0. The van der Waals surface area contributed by atoms with Gasteiger partial charge in [-0.15, -0.1) is 0 Å². The molecule has 4 heterocycles. The van der Waals surface area contributed by atoms with Crippen LogP contribution in [0.5, 0.6) is 11.5 Å². The first kappa shape index (κ1) is 36.4. The van der Waals surface area contributed by atoms with Gasteiger partial charge in [-0.1, -0.05) is 106 Å². The Kier molecular flexibility index (Phi) is 8.99. The van der Waals surface area contributed by atoms with E-state index in [2.05, 4.69) is 180 Å². The van der Waals surface area contributed by atoms with Crippen LogP contribution in [-0.4, -0.2) is 21.2 Å². The molecule has 7 aromatic rings. The van der Waals surface area contributed by atoms with E-state index < -0.39 is 0 Å². The van der Waals surface area contributed by atoms with Gasteiger partial charge in [0.25, 0.3) is 0 Å². The fraction of sp³-hybridized carbons (Fsp3) is 0.306. The summed E-state index contributed by atoms with van der Waals surface area (Å²) in [6, 6.07) is 34.7. The van der Waals surface area contributed by atoms with E-state index in [1.165, 1.54) is 38.7 Å². The maximum Gasteiger partial charge on any atom is 0.137 e. The highest BCUT2D eigenvalue weighted by Crippen LogP contribution is 2.49. The lowest BCUT2D eigenvalue weighted by Crippen LogP contribution is -2.26. The van der Waals surface area contributed by atoms with Crippen molar-refractivity contribution in [2.45, 2.75) is 91.9 Å². The van der Waals surface area contributed by atoms with Crippen LogP contribution >= 0.6 is 0 Å². The second-order valence-corrected chi connectivity index (χ2v) is 17.7. The van der Waals surface area contributed by atoms with Crippen molar-refractivity contribution >= 4 is 44.6 Å². The lowest BCUT2D eigenvalue weighted by molar-refractivity contribution is 0.483. The second kappa shape index (κ2) is 13.6. The van der Waals surface area contributed by atoms with E-state index in [0.29, 0.717) is 18.5 Å². The molecule has 6 heteroatoms. The van der Waals surface area contributed by atoms with Crippen molar-refractivity contribution in [2.75, 3.05) is 16.5 Å². The topological polar surface area (TPSA) is 46.4 Å². The minimum atomic E-state index is 0.00342. The average molecular weight is 728 g/mol. The second-order valence-electron chi connectivity index (χ2n) is 17.7. The number of nitrogens with zero attached hydrogens (tertiary/aromatic N) is 5. The molecule has 280 valence electrons. The Morgan fingerprint density at radius 1 is 0.600 bits per heavy atom. The van der Waals surface area contributed by atoms with Crippen molar-refractivity contribution in [1.29, 1.82) is 0 Å². The summed E-state index contributed by atoms with van der Waals surface area (Å²) in [6.45, 7) is 23.6. The number of rotatable bonds is 7. The van der Waals surface area contributed by atoms with Gasteiger partial charge >= 0.3 is 0 Å². The van der Waals surface area contributed by atoms with Crippen LogP contribution in [0.25, 0.3) is 27.6 Å². The van der Waals surface area contributed by atoms with Gasteiger partial charge in [-0.3, -0.25) is 9.55 Å². The molecule has 0 atom stereocenters. The predicted octanol–water partition coefficient (Wildman–Crippen LogP) is 13.5. The fourth-order valence-corrected chi connectivity index (χ4v) is 7.94. The molecule has 0 saturated carbocycles. The predicted molar refractivity (Wildman–Crippen MR) is 230 cm³/mol. The van der Waals surface area contributed by atoms with Crippen LogP contribution in [0, 0.1) is 0 Å². The first-order chi connectivity index (χ1) is 26.2. The lowest BCUT2D eigenvalue weighted by Gasteiger charge is -2.32. The minimum Gasteiger partial charge on any atom is -0.457 e. The molecule has 0 bridgehead atoms. The number of fused-ring (bicyclic) bond motifs is 4. The van der Waals surface area contributed by atoms with Gasteiger partial charge < -0.3 is 14.5 Å². The highest BCUT2D eigenvalue weighted by atomic mass is 16.5. The summed E-state index contributed by atoms with van der Waals surface area (Å²) in [4.78, 5) is 14.3. The van der Waals surface area contributed by atoms with Gasteiger partial charge in [-0.05, 0) is 93.5 Å². The van der Waals surface area contributed by atoms with Crippen LogP contribution in [0.15, 0.2) is 116 Å². The van der Waals surface area contributed by atoms with E-state index in [4.69, 9.17) is 9.72 Å². The Balaban J connectivity index is 1.17. The van der Waals surface area contributed by atoms with Gasteiger partial charge in [-0.2, -0.15) is 0 Å². The summed E-state index contributed by atoms with van der Waals surface area (Å²) >= 11 is 0. The van der Waals surface area contributed by atoms with Crippen molar-refractivity contribution in [1.82, 2.24) is 14.5 Å². The molecule has 0 aliphatic carbocycles. The van der Waals surface area contributed by atoms with Crippen LogP contribution in [0.4, 0.5) is 22.7 Å². The molecule has 6 nitrogen and oxygen atoms in total. The third-order valence-electron chi connectivity index (χ3n) is 11.0. The van der Waals surface area contributed by atoms with E-state index in [9.17, 15) is 0 Å². The normalized spacial score (nSPS) is 13.5. The van der Waals surface area contributed by atoms with E-state index in [1.807, 2.05) is 24.7 Å². The highest BCUT2D eigenvalue weighted by molar-refractivity contribution is 6.09. The number of pyridine rings is 2. The number of benzene rings is 4. The molecule has 0 amide bonds. The molecule has 8 rings (SSSR count). The molecule has 0 spiro atoms. The molecule has 0 unspecified atom stereocenters. The van der Waals surface area contributed by atoms with Crippen LogP contribution in [-0.2, 0) is 10.8 Å². The summed E-state index contributed by atoms with van der Waals surface area (Å²) < 4.78 is 8.97. The molecule has 0 radical (unpaired) electrons. The Bertz CT molecular complexity index is 2520. The fourth-order valence-electron chi connectivity index (χ4n) is 7.94. The van der Waals surface area contributed by atoms with E-state index in [-0.39, 0.29) is 10.8 Å². The van der Waals surface area contributed by atoms with Gasteiger partial charge in [0.15, 0.2) is 0 Å². The maximum atomic E-state index is 6.71. The van der Waals surface area contributed by atoms with Gasteiger partial charge in [0.1, 0.15) is 24.0 Å². The quantitative estimate of drug-likeness (QED) is 0.164. The first-order valence-electron chi connectivity index (χ1n) is 19.6. The third kappa shape index (κ3) is 6.62. The van der Waals surface area contributed by atoms with E-state index >= 15 is 0 Å². The average Bonchev–Trinajstić information content (AvgIpc) is 3.69. The Labute approximate surface area is 326 Å². The molecular weight excluding hydrogens is 675 g/mol. The van der Waals surface area contributed by atoms with Crippen molar-refractivity contribution < 1.29 is 4.74 Å². The third-order valence-corrected chi connectivity index (χ3v) is 11.0. The van der Waals surface area contributed by atoms with Crippen LogP contribution < -0.4 is 14.5 Å². The van der Waals surface area contributed by atoms with Crippen LogP contribution in [0.3, 0.4) is 0 Å². The molecule has 0 fully saturated rings. The van der Waals surface area contributed by atoms with Crippen LogP contribution in [0.1, 0.15) is 103 Å². The number of hydrogen-bond donors (Lipinski definition) is 0. The van der Waals surface area contributed by atoms with Crippen molar-refractivity contribution in [3.8, 4) is 17.3 Å². The van der Waals surface area contributed by atoms with Crippen molar-refractivity contribution in [3.05, 3.63) is 138 Å². The molecule has 3 aromatic heterocycles. The molecule has 0 N–H and O–H groups in total. The zero-order valence-electron chi connectivity index (χ0n) is 34.0. The zero-order chi connectivity index (χ0) is 38.8. The monoisotopic (exact) mass is 727 g/mol. The summed E-state index contributed by atoms with van der Waals surface area (Å²) in [5.41, 5.74) is 12.2. The van der Waals surface area contributed by atoms with Crippen LogP contribution in [0.2, 0.25) is 0 Å². The van der Waals surface area contributed by atoms with Gasteiger partial charge in [0.05, 0.1) is 28.6 Å². The number of hydrogen-bond acceptors (Lipinski definition) is 5. The Morgan fingerprint density at radius 3 is 2.00 bits per heavy atom. The Hall–Kier alpha value is -5.62. The number of ether oxygens (including phenoxy) is 1. The van der Waals surface area contributed by atoms with E-state index in [1.54, 1.807) is 0 Å². The van der Waals surface area contributed by atoms with Gasteiger partial charge in [0, 0.05) is 46.7 Å². The molecule has 4 aromatic carbocycles. The largest absolute Gasteiger partial charge is 0.457 e. The van der Waals surface area contributed by atoms with E-state index in [0.717, 1.165) is 45.4 Å². The molecular formula is C49H53N5O. The van der Waals surface area contributed by atoms with Gasteiger partial charge in [0.2, 0.25) is 0 Å². The van der Waals surface area contributed by atoms with Crippen molar-refractivity contribution in [3.63, 3.8) is 0 Å². The molecule has 1 aliphatic heterocycles. The summed E-state index contributed by atoms with van der Waals surface area (Å²) in [6.07, 6.45) is 5.83. The molecule has 55 heavy (non-hydrogen) atoms. The maximum absolute atomic E-state index is 6.71. The lowest BCUT2D eigenvalue weighted by atomic mass is 9.80. The number of aromatic nitrogens is 3. The summed E-state index contributed by atoms with van der Waals surface area (Å²) in [5, 5.41) is 2.36.